The Morgan fingerprint density at radius 2 is 1.60 bits per heavy atom. The first-order valence-corrected chi connectivity index (χ1v) is 7.40. The highest BCUT2D eigenvalue weighted by Gasteiger charge is 2.11. The van der Waals surface area contributed by atoms with Crippen molar-refractivity contribution in [2.75, 3.05) is 0 Å². The molecule has 0 spiro atoms. The molecule has 0 saturated carbocycles. The first kappa shape index (κ1) is 12.9. The SMILES string of the molecule is C[C@H](Sc1n[nH]c(-c2ccccc2)n1)c1ccccc1. The van der Waals surface area contributed by atoms with Gasteiger partial charge in [0.15, 0.2) is 5.82 Å². The lowest BCUT2D eigenvalue weighted by Gasteiger charge is -2.07. The van der Waals surface area contributed by atoms with Crippen LogP contribution in [0.2, 0.25) is 0 Å². The fraction of sp³-hybridized carbons (Fsp3) is 0.125. The van der Waals surface area contributed by atoms with Gasteiger partial charge < -0.3 is 0 Å². The fourth-order valence-corrected chi connectivity index (χ4v) is 2.83. The van der Waals surface area contributed by atoms with E-state index in [9.17, 15) is 0 Å². The molecule has 3 rings (SSSR count). The summed E-state index contributed by atoms with van der Waals surface area (Å²) in [5.41, 5.74) is 2.34. The van der Waals surface area contributed by atoms with Crippen molar-refractivity contribution in [2.24, 2.45) is 0 Å². The van der Waals surface area contributed by atoms with Crippen LogP contribution in [0.3, 0.4) is 0 Å². The topological polar surface area (TPSA) is 41.6 Å². The van der Waals surface area contributed by atoms with Crippen molar-refractivity contribution in [2.45, 2.75) is 17.3 Å². The van der Waals surface area contributed by atoms with Gasteiger partial charge >= 0.3 is 0 Å². The minimum atomic E-state index is 0.329. The molecule has 20 heavy (non-hydrogen) atoms. The molecular weight excluding hydrogens is 266 g/mol. The highest BCUT2D eigenvalue weighted by atomic mass is 32.2. The Morgan fingerprint density at radius 3 is 2.30 bits per heavy atom. The van der Waals surface area contributed by atoms with Crippen LogP contribution in [-0.4, -0.2) is 15.2 Å². The van der Waals surface area contributed by atoms with Gasteiger partial charge in [-0.05, 0) is 12.5 Å². The third kappa shape index (κ3) is 2.91. The van der Waals surface area contributed by atoms with Crippen molar-refractivity contribution < 1.29 is 0 Å². The smallest absolute Gasteiger partial charge is 0.209 e. The Morgan fingerprint density at radius 1 is 0.950 bits per heavy atom. The van der Waals surface area contributed by atoms with E-state index in [0.29, 0.717) is 5.25 Å². The third-order valence-corrected chi connectivity index (χ3v) is 4.08. The zero-order chi connectivity index (χ0) is 13.8. The maximum Gasteiger partial charge on any atom is 0.209 e. The zero-order valence-corrected chi connectivity index (χ0v) is 12.0. The molecule has 0 amide bonds. The van der Waals surface area contributed by atoms with Gasteiger partial charge in [0.2, 0.25) is 5.16 Å². The first-order valence-electron chi connectivity index (χ1n) is 6.52. The molecule has 100 valence electrons. The van der Waals surface area contributed by atoms with Crippen LogP contribution in [-0.2, 0) is 0 Å². The van der Waals surface area contributed by atoms with E-state index in [1.54, 1.807) is 11.8 Å². The largest absolute Gasteiger partial charge is 0.258 e. The van der Waals surface area contributed by atoms with E-state index in [-0.39, 0.29) is 0 Å². The van der Waals surface area contributed by atoms with Gasteiger partial charge in [0.05, 0.1) is 0 Å². The average molecular weight is 281 g/mol. The number of hydrogen-bond acceptors (Lipinski definition) is 3. The van der Waals surface area contributed by atoms with Crippen molar-refractivity contribution in [1.82, 2.24) is 15.2 Å². The van der Waals surface area contributed by atoms with E-state index in [0.717, 1.165) is 16.5 Å². The van der Waals surface area contributed by atoms with Crippen LogP contribution in [0.4, 0.5) is 0 Å². The summed E-state index contributed by atoms with van der Waals surface area (Å²) in [5.74, 6) is 0.813. The number of aromatic nitrogens is 3. The summed E-state index contributed by atoms with van der Waals surface area (Å²) in [6, 6.07) is 20.4. The van der Waals surface area contributed by atoms with Gasteiger partial charge in [-0.2, -0.15) is 0 Å². The number of H-pyrrole nitrogens is 1. The monoisotopic (exact) mass is 281 g/mol. The predicted molar refractivity (Wildman–Crippen MR) is 82.5 cm³/mol. The molecule has 4 heteroatoms. The zero-order valence-electron chi connectivity index (χ0n) is 11.2. The number of thioether (sulfide) groups is 1. The summed E-state index contributed by atoms with van der Waals surface area (Å²) < 4.78 is 0. The number of nitrogens with zero attached hydrogens (tertiary/aromatic N) is 2. The van der Waals surface area contributed by atoms with Gasteiger partial charge in [0.25, 0.3) is 0 Å². The van der Waals surface area contributed by atoms with Gasteiger partial charge in [-0.1, -0.05) is 72.4 Å². The molecule has 0 aliphatic rings. The van der Waals surface area contributed by atoms with E-state index < -0.39 is 0 Å². The molecule has 0 fully saturated rings. The molecule has 0 unspecified atom stereocenters. The van der Waals surface area contributed by atoms with E-state index in [1.165, 1.54) is 5.56 Å². The Kier molecular flexibility index (Phi) is 3.83. The quantitative estimate of drug-likeness (QED) is 0.724. The molecule has 0 bridgehead atoms. The van der Waals surface area contributed by atoms with Crippen molar-refractivity contribution in [1.29, 1.82) is 0 Å². The highest BCUT2D eigenvalue weighted by Crippen LogP contribution is 2.33. The normalized spacial score (nSPS) is 12.2. The Labute approximate surface area is 122 Å². The molecule has 1 atom stereocenters. The lowest BCUT2D eigenvalue weighted by molar-refractivity contribution is 0.960. The molecule has 0 radical (unpaired) electrons. The number of rotatable bonds is 4. The third-order valence-electron chi connectivity index (χ3n) is 3.06. The second kappa shape index (κ2) is 5.92. The molecule has 3 nitrogen and oxygen atoms in total. The van der Waals surface area contributed by atoms with E-state index in [2.05, 4.69) is 46.4 Å². The van der Waals surface area contributed by atoms with Gasteiger partial charge in [0, 0.05) is 10.8 Å². The van der Waals surface area contributed by atoms with Crippen LogP contribution >= 0.6 is 11.8 Å². The summed E-state index contributed by atoms with van der Waals surface area (Å²) in [6.45, 7) is 2.17. The summed E-state index contributed by atoms with van der Waals surface area (Å²) in [5, 5.41) is 8.39. The minimum Gasteiger partial charge on any atom is -0.258 e. The van der Waals surface area contributed by atoms with Crippen LogP contribution in [0.1, 0.15) is 17.7 Å². The maximum atomic E-state index is 4.54. The summed E-state index contributed by atoms with van der Waals surface area (Å²) >= 11 is 1.66. The Bertz CT molecular complexity index is 664. The number of nitrogens with one attached hydrogen (secondary N) is 1. The van der Waals surface area contributed by atoms with Gasteiger partial charge in [0.1, 0.15) is 0 Å². The average Bonchev–Trinajstić information content (AvgIpc) is 2.97. The second-order valence-electron chi connectivity index (χ2n) is 4.50. The number of hydrogen-bond donors (Lipinski definition) is 1. The highest BCUT2D eigenvalue weighted by molar-refractivity contribution is 7.99. The van der Waals surface area contributed by atoms with Crippen molar-refractivity contribution >= 4 is 11.8 Å². The minimum absolute atomic E-state index is 0.329. The van der Waals surface area contributed by atoms with Gasteiger partial charge in [-0.25, -0.2) is 4.98 Å². The molecule has 1 heterocycles. The Balaban J connectivity index is 1.75. The molecule has 2 aromatic carbocycles. The lowest BCUT2D eigenvalue weighted by atomic mass is 10.2. The van der Waals surface area contributed by atoms with Gasteiger partial charge in [-0.15, -0.1) is 5.10 Å². The summed E-state index contributed by atoms with van der Waals surface area (Å²) in [7, 11) is 0. The number of benzene rings is 2. The van der Waals surface area contributed by atoms with Crippen LogP contribution in [0, 0.1) is 0 Å². The van der Waals surface area contributed by atoms with Crippen molar-refractivity contribution in [3.05, 3.63) is 66.2 Å². The van der Waals surface area contributed by atoms with Gasteiger partial charge in [-0.3, -0.25) is 5.10 Å². The van der Waals surface area contributed by atoms with E-state index in [1.807, 2.05) is 36.4 Å². The van der Waals surface area contributed by atoms with Crippen LogP contribution < -0.4 is 0 Å². The van der Waals surface area contributed by atoms with E-state index in [4.69, 9.17) is 0 Å². The van der Waals surface area contributed by atoms with Crippen LogP contribution in [0.15, 0.2) is 65.8 Å². The standard InChI is InChI=1S/C16H15N3S/c1-12(13-8-4-2-5-9-13)20-16-17-15(18-19-16)14-10-6-3-7-11-14/h2-12H,1H3,(H,17,18,19)/t12-/m0/s1. The molecule has 1 aromatic heterocycles. The van der Waals surface area contributed by atoms with E-state index >= 15 is 0 Å². The summed E-state index contributed by atoms with van der Waals surface area (Å²) in [6.07, 6.45) is 0. The predicted octanol–water partition coefficient (Wildman–Crippen LogP) is 4.33. The first-order chi connectivity index (χ1) is 9.83. The Hall–Kier alpha value is -2.07. The van der Waals surface area contributed by atoms with Crippen molar-refractivity contribution in [3.63, 3.8) is 0 Å². The van der Waals surface area contributed by atoms with Crippen LogP contribution in [0.25, 0.3) is 11.4 Å². The second-order valence-corrected chi connectivity index (χ2v) is 5.81. The molecule has 1 N–H and O–H groups in total. The van der Waals surface area contributed by atoms with Crippen molar-refractivity contribution in [3.8, 4) is 11.4 Å². The summed E-state index contributed by atoms with van der Waals surface area (Å²) in [4.78, 5) is 4.54. The molecular formula is C16H15N3S. The molecule has 0 saturated heterocycles. The maximum absolute atomic E-state index is 4.54. The molecule has 0 aliphatic heterocycles. The molecule has 0 aliphatic carbocycles. The molecule has 3 aromatic rings. The lowest BCUT2D eigenvalue weighted by Crippen LogP contribution is -1.88. The number of aromatic amines is 1. The van der Waals surface area contributed by atoms with Crippen LogP contribution in [0.5, 0.6) is 0 Å². The fourth-order valence-electron chi connectivity index (χ4n) is 1.97.